The van der Waals surface area contributed by atoms with Crippen LogP contribution in [-0.2, 0) is 0 Å². The van der Waals surface area contributed by atoms with Gasteiger partial charge in [0.25, 0.3) is 5.91 Å². The molecule has 0 bridgehead atoms. The maximum atomic E-state index is 12.1. The summed E-state index contributed by atoms with van der Waals surface area (Å²) in [7, 11) is 0. The SMILES string of the molecule is O=C(O)c1csc(C(=O)N2CCCCCC2)n1. The van der Waals surface area contributed by atoms with Gasteiger partial charge in [0, 0.05) is 18.5 Å². The van der Waals surface area contributed by atoms with Crippen LogP contribution in [0.1, 0.15) is 46.0 Å². The van der Waals surface area contributed by atoms with Crippen LogP contribution in [0.25, 0.3) is 0 Å². The number of aromatic carboxylic acids is 1. The summed E-state index contributed by atoms with van der Waals surface area (Å²) < 4.78 is 0. The summed E-state index contributed by atoms with van der Waals surface area (Å²) in [4.78, 5) is 28.4. The summed E-state index contributed by atoms with van der Waals surface area (Å²) in [5.41, 5.74) is -0.0480. The van der Waals surface area contributed by atoms with Crippen LogP contribution in [0.3, 0.4) is 0 Å². The number of hydrogen-bond donors (Lipinski definition) is 1. The molecule has 0 atom stereocenters. The number of carbonyl (C=O) groups is 2. The van der Waals surface area contributed by atoms with Crippen LogP contribution in [-0.4, -0.2) is 40.0 Å². The molecule has 0 unspecified atom stereocenters. The molecular formula is C11H14N2O3S. The van der Waals surface area contributed by atoms with E-state index < -0.39 is 5.97 Å². The molecule has 2 rings (SSSR count). The van der Waals surface area contributed by atoms with Crippen LogP contribution in [0.2, 0.25) is 0 Å². The molecule has 1 N–H and O–H groups in total. The largest absolute Gasteiger partial charge is 0.476 e. The molecule has 1 aliphatic heterocycles. The summed E-state index contributed by atoms with van der Waals surface area (Å²) in [6.45, 7) is 1.50. The predicted molar refractivity (Wildman–Crippen MR) is 63.4 cm³/mol. The minimum absolute atomic E-state index is 0.0480. The van der Waals surface area contributed by atoms with Gasteiger partial charge in [-0.2, -0.15) is 0 Å². The molecule has 5 nitrogen and oxygen atoms in total. The molecule has 17 heavy (non-hydrogen) atoms. The van der Waals surface area contributed by atoms with Crippen LogP contribution >= 0.6 is 11.3 Å². The van der Waals surface area contributed by atoms with Crippen molar-refractivity contribution in [2.45, 2.75) is 25.7 Å². The zero-order chi connectivity index (χ0) is 12.3. The summed E-state index contributed by atoms with van der Waals surface area (Å²) in [6, 6.07) is 0. The standard InChI is InChI=1S/C11H14N2O3S/c14-10(13-5-3-1-2-4-6-13)9-12-8(7-17-9)11(15)16/h7H,1-6H2,(H,15,16). The van der Waals surface area contributed by atoms with Gasteiger partial charge in [0.05, 0.1) is 0 Å². The summed E-state index contributed by atoms with van der Waals surface area (Å²) >= 11 is 1.10. The van der Waals surface area contributed by atoms with Gasteiger partial charge in [0.2, 0.25) is 0 Å². The minimum atomic E-state index is -1.09. The van der Waals surface area contributed by atoms with Crippen molar-refractivity contribution in [2.75, 3.05) is 13.1 Å². The fraction of sp³-hybridized carbons (Fsp3) is 0.545. The van der Waals surface area contributed by atoms with Gasteiger partial charge in [-0.05, 0) is 12.8 Å². The van der Waals surface area contributed by atoms with E-state index in [1.165, 1.54) is 5.38 Å². The molecule has 92 valence electrons. The third-order valence-electron chi connectivity index (χ3n) is 2.80. The molecule has 1 aromatic heterocycles. The van der Waals surface area contributed by atoms with Gasteiger partial charge in [0.15, 0.2) is 10.7 Å². The Kier molecular flexibility index (Phi) is 3.73. The number of hydrogen-bond acceptors (Lipinski definition) is 4. The summed E-state index contributed by atoms with van der Waals surface area (Å²) in [5.74, 6) is -1.22. The van der Waals surface area contributed by atoms with E-state index in [2.05, 4.69) is 4.98 Å². The predicted octanol–water partition coefficient (Wildman–Crippen LogP) is 1.86. The topological polar surface area (TPSA) is 70.5 Å². The molecule has 6 heteroatoms. The Morgan fingerprint density at radius 3 is 2.41 bits per heavy atom. The Bertz CT molecular complexity index is 422. The second-order valence-corrected chi connectivity index (χ2v) is 4.91. The van der Waals surface area contributed by atoms with Crippen molar-refractivity contribution >= 4 is 23.2 Å². The van der Waals surface area contributed by atoms with Crippen LogP contribution in [0, 0.1) is 0 Å². The number of rotatable bonds is 2. The number of thiazole rings is 1. The number of carboxylic acid groups (broad SMARTS) is 1. The van der Waals surface area contributed by atoms with Gasteiger partial charge >= 0.3 is 5.97 Å². The first-order valence-electron chi connectivity index (χ1n) is 5.66. The highest BCUT2D eigenvalue weighted by molar-refractivity contribution is 7.11. The average molecular weight is 254 g/mol. The zero-order valence-electron chi connectivity index (χ0n) is 9.39. The molecule has 0 radical (unpaired) electrons. The van der Waals surface area contributed by atoms with Gasteiger partial charge in [-0.3, -0.25) is 4.79 Å². The van der Waals surface area contributed by atoms with Crippen molar-refractivity contribution in [2.24, 2.45) is 0 Å². The second kappa shape index (κ2) is 5.27. The smallest absolute Gasteiger partial charge is 0.355 e. The number of nitrogens with zero attached hydrogens (tertiary/aromatic N) is 2. The van der Waals surface area contributed by atoms with Crippen LogP contribution in [0.4, 0.5) is 0 Å². The Hall–Kier alpha value is -1.43. The van der Waals surface area contributed by atoms with Crippen molar-refractivity contribution < 1.29 is 14.7 Å². The third kappa shape index (κ3) is 2.82. The third-order valence-corrected chi connectivity index (χ3v) is 3.63. The van der Waals surface area contributed by atoms with Gasteiger partial charge < -0.3 is 10.0 Å². The lowest BCUT2D eigenvalue weighted by atomic mass is 10.2. The van der Waals surface area contributed by atoms with E-state index in [9.17, 15) is 9.59 Å². The lowest BCUT2D eigenvalue weighted by molar-refractivity contribution is 0.0691. The first-order valence-corrected chi connectivity index (χ1v) is 6.54. The molecule has 0 spiro atoms. The quantitative estimate of drug-likeness (QED) is 0.874. The van der Waals surface area contributed by atoms with Crippen molar-refractivity contribution in [1.29, 1.82) is 0 Å². The fourth-order valence-corrected chi connectivity index (χ4v) is 2.64. The van der Waals surface area contributed by atoms with E-state index in [1.807, 2.05) is 0 Å². The van der Waals surface area contributed by atoms with Crippen molar-refractivity contribution in [3.63, 3.8) is 0 Å². The second-order valence-electron chi connectivity index (χ2n) is 4.05. The maximum Gasteiger partial charge on any atom is 0.355 e. The Labute approximate surface area is 103 Å². The van der Waals surface area contributed by atoms with E-state index in [1.54, 1.807) is 4.90 Å². The van der Waals surface area contributed by atoms with Gasteiger partial charge in [-0.25, -0.2) is 9.78 Å². The molecule has 0 aliphatic carbocycles. The van der Waals surface area contributed by atoms with Crippen LogP contribution in [0.15, 0.2) is 5.38 Å². The maximum absolute atomic E-state index is 12.1. The van der Waals surface area contributed by atoms with Gasteiger partial charge in [0.1, 0.15) is 0 Å². The van der Waals surface area contributed by atoms with Crippen LogP contribution in [0.5, 0.6) is 0 Å². The molecule has 1 amide bonds. The monoisotopic (exact) mass is 254 g/mol. The Morgan fingerprint density at radius 2 is 1.88 bits per heavy atom. The minimum Gasteiger partial charge on any atom is -0.476 e. The van der Waals surface area contributed by atoms with E-state index in [-0.39, 0.29) is 16.6 Å². The molecule has 0 aromatic carbocycles. The summed E-state index contributed by atoms with van der Waals surface area (Å²) in [5, 5.41) is 10.4. The molecule has 1 fully saturated rings. The number of aromatic nitrogens is 1. The zero-order valence-corrected chi connectivity index (χ0v) is 10.2. The normalized spacial score (nSPS) is 16.6. The number of amides is 1. The van der Waals surface area contributed by atoms with Crippen molar-refractivity contribution in [1.82, 2.24) is 9.88 Å². The van der Waals surface area contributed by atoms with E-state index in [4.69, 9.17) is 5.11 Å². The molecule has 0 saturated carbocycles. The first-order chi connectivity index (χ1) is 8.18. The molecule has 1 aromatic rings. The van der Waals surface area contributed by atoms with Crippen molar-refractivity contribution in [3.05, 3.63) is 16.1 Å². The lowest BCUT2D eigenvalue weighted by Gasteiger charge is -2.18. The number of likely N-dealkylation sites (tertiary alicyclic amines) is 1. The highest BCUT2D eigenvalue weighted by Gasteiger charge is 2.21. The van der Waals surface area contributed by atoms with Gasteiger partial charge in [-0.15, -0.1) is 11.3 Å². The first kappa shape index (κ1) is 12.0. The average Bonchev–Trinajstić information content (AvgIpc) is 2.65. The van der Waals surface area contributed by atoms with E-state index in [0.717, 1.165) is 50.1 Å². The molecule has 2 heterocycles. The molecular weight excluding hydrogens is 240 g/mol. The number of carbonyl (C=O) groups excluding carboxylic acids is 1. The molecule has 1 aliphatic rings. The highest BCUT2D eigenvalue weighted by atomic mass is 32.1. The Balaban J connectivity index is 2.09. The van der Waals surface area contributed by atoms with Crippen molar-refractivity contribution in [3.8, 4) is 0 Å². The van der Waals surface area contributed by atoms with Crippen LogP contribution < -0.4 is 0 Å². The molecule has 1 saturated heterocycles. The fourth-order valence-electron chi connectivity index (χ4n) is 1.88. The van der Waals surface area contributed by atoms with Gasteiger partial charge in [-0.1, -0.05) is 12.8 Å². The van der Waals surface area contributed by atoms with E-state index >= 15 is 0 Å². The number of carboxylic acids is 1. The lowest BCUT2D eigenvalue weighted by Crippen LogP contribution is -2.31. The Morgan fingerprint density at radius 1 is 1.24 bits per heavy atom. The van der Waals surface area contributed by atoms with E-state index in [0.29, 0.717) is 0 Å². The highest BCUT2D eigenvalue weighted by Crippen LogP contribution is 2.16. The summed E-state index contributed by atoms with van der Waals surface area (Å²) in [6.07, 6.45) is 4.34.